The highest BCUT2D eigenvalue weighted by Crippen LogP contribution is 2.14. The molecule has 0 aromatic carbocycles. The van der Waals surface area contributed by atoms with Crippen molar-refractivity contribution in [2.24, 2.45) is 11.5 Å². The first-order valence-corrected chi connectivity index (χ1v) is 5.41. The Kier molecular flexibility index (Phi) is 4.99. The van der Waals surface area contributed by atoms with E-state index < -0.39 is 17.9 Å². The van der Waals surface area contributed by atoms with Crippen LogP contribution in [0.5, 0.6) is 0 Å². The van der Waals surface area contributed by atoms with Crippen LogP contribution >= 0.6 is 0 Å². The number of hydrogen-bond donors (Lipinski definition) is 4. The lowest BCUT2D eigenvalue weighted by Crippen LogP contribution is -2.39. The molecule has 0 radical (unpaired) electrons. The van der Waals surface area contributed by atoms with E-state index in [0.29, 0.717) is 0 Å². The molecule has 0 fully saturated rings. The lowest BCUT2D eigenvalue weighted by molar-refractivity contribution is -0.123. The van der Waals surface area contributed by atoms with Gasteiger partial charge in [0.05, 0.1) is 31.8 Å². The first-order chi connectivity index (χ1) is 8.99. The Balaban J connectivity index is 2.86. The number of primary amides is 1. The van der Waals surface area contributed by atoms with Crippen LogP contribution in [0.15, 0.2) is 6.20 Å². The minimum atomic E-state index is -1.11. The van der Waals surface area contributed by atoms with Crippen LogP contribution in [0.3, 0.4) is 0 Å². The number of nitriles is 1. The van der Waals surface area contributed by atoms with Crippen LogP contribution in [-0.2, 0) is 16.1 Å². The SMILES string of the molecule is N#Cc1cnn(CCO)c1NC(=O)[C@@H](N)CC(N)=O. The van der Waals surface area contributed by atoms with Crippen molar-refractivity contribution in [1.82, 2.24) is 9.78 Å². The Morgan fingerprint density at radius 2 is 2.32 bits per heavy atom. The minimum Gasteiger partial charge on any atom is -0.394 e. The van der Waals surface area contributed by atoms with Gasteiger partial charge in [0.15, 0.2) is 0 Å². The molecule has 0 saturated heterocycles. The number of nitrogens with zero attached hydrogens (tertiary/aromatic N) is 3. The quantitative estimate of drug-likeness (QED) is 0.460. The molecule has 1 aromatic heterocycles. The number of anilines is 1. The molecule has 0 bridgehead atoms. The van der Waals surface area contributed by atoms with Crippen LogP contribution in [0, 0.1) is 11.3 Å². The van der Waals surface area contributed by atoms with E-state index >= 15 is 0 Å². The monoisotopic (exact) mass is 266 g/mol. The van der Waals surface area contributed by atoms with Gasteiger partial charge in [0.2, 0.25) is 11.8 Å². The second kappa shape index (κ2) is 6.48. The molecule has 0 aliphatic rings. The van der Waals surface area contributed by atoms with Gasteiger partial charge in [0.1, 0.15) is 17.5 Å². The van der Waals surface area contributed by atoms with Gasteiger partial charge in [-0.05, 0) is 0 Å². The molecular formula is C10H14N6O3. The van der Waals surface area contributed by atoms with Gasteiger partial charge in [-0.25, -0.2) is 4.68 Å². The van der Waals surface area contributed by atoms with Gasteiger partial charge in [0.25, 0.3) is 0 Å². The summed E-state index contributed by atoms with van der Waals surface area (Å²) in [5.41, 5.74) is 10.5. The number of carbonyl (C=O) groups is 2. The molecule has 2 amide bonds. The fourth-order valence-corrected chi connectivity index (χ4v) is 1.38. The number of hydrogen-bond acceptors (Lipinski definition) is 6. The topological polar surface area (TPSA) is 160 Å². The Morgan fingerprint density at radius 3 is 2.84 bits per heavy atom. The van der Waals surface area contributed by atoms with Crippen molar-refractivity contribution in [2.45, 2.75) is 19.0 Å². The van der Waals surface area contributed by atoms with E-state index in [1.54, 1.807) is 0 Å². The summed E-state index contributed by atoms with van der Waals surface area (Å²) >= 11 is 0. The minimum absolute atomic E-state index is 0.113. The Hall–Kier alpha value is -2.44. The van der Waals surface area contributed by atoms with Crippen LogP contribution in [-0.4, -0.2) is 39.4 Å². The maximum atomic E-state index is 11.7. The molecule has 6 N–H and O–H groups in total. The standard InChI is InChI=1S/C10H14N6O3/c11-4-6-5-14-16(1-2-17)9(6)15-10(19)7(12)3-8(13)18/h5,7,17H,1-3,12H2,(H2,13,18)(H,15,19)/t7-/m0/s1. The summed E-state index contributed by atoms with van der Waals surface area (Å²) in [5.74, 6) is -1.23. The average Bonchev–Trinajstić information content (AvgIpc) is 2.71. The summed E-state index contributed by atoms with van der Waals surface area (Å²) in [7, 11) is 0. The molecule has 1 heterocycles. The third-order valence-corrected chi connectivity index (χ3v) is 2.27. The third kappa shape index (κ3) is 3.77. The van der Waals surface area contributed by atoms with Gasteiger partial charge in [0, 0.05) is 0 Å². The molecule has 19 heavy (non-hydrogen) atoms. The van der Waals surface area contributed by atoms with Crippen LogP contribution in [0.2, 0.25) is 0 Å². The zero-order chi connectivity index (χ0) is 14.4. The molecule has 9 heteroatoms. The van der Waals surface area contributed by atoms with Gasteiger partial charge < -0.3 is 21.9 Å². The van der Waals surface area contributed by atoms with Gasteiger partial charge in [-0.1, -0.05) is 0 Å². The fraction of sp³-hybridized carbons (Fsp3) is 0.400. The normalized spacial score (nSPS) is 11.6. The molecule has 9 nitrogen and oxygen atoms in total. The first kappa shape index (κ1) is 14.6. The molecule has 102 valence electrons. The van der Waals surface area contributed by atoms with Crippen molar-refractivity contribution in [1.29, 1.82) is 5.26 Å². The van der Waals surface area contributed by atoms with E-state index in [1.807, 2.05) is 6.07 Å². The van der Waals surface area contributed by atoms with Crippen molar-refractivity contribution in [2.75, 3.05) is 11.9 Å². The van der Waals surface area contributed by atoms with Crippen LogP contribution in [0.4, 0.5) is 5.82 Å². The summed E-state index contributed by atoms with van der Waals surface area (Å²) in [6, 6.07) is 0.738. The molecule has 1 rings (SSSR count). The maximum Gasteiger partial charge on any atom is 0.242 e. The number of aliphatic hydroxyl groups is 1. The summed E-state index contributed by atoms with van der Waals surface area (Å²) < 4.78 is 1.26. The summed E-state index contributed by atoms with van der Waals surface area (Å²) in [6.07, 6.45) is 0.951. The molecule has 0 saturated carbocycles. The zero-order valence-corrected chi connectivity index (χ0v) is 10.0. The largest absolute Gasteiger partial charge is 0.394 e. The number of amides is 2. The molecule has 1 aromatic rings. The van der Waals surface area contributed by atoms with E-state index in [4.69, 9.17) is 21.8 Å². The maximum absolute atomic E-state index is 11.7. The van der Waals surface area contributed by atoms with E-state index in [9.17, 15) is 9.59 Å². The molecule has 0 unspecified atom stereocenters. The van der Waals surface area contributed by atoms with Crippen molar-refractivity contribution in [3.8, 4) is 6.07 Å². The fourth-order valence-electron chi connectivity index (χ4n) is 1.38. The second-order valence-corrected chi connectivity index (χ2v) is 3.73. The number of aromatic nitrogens is 2. The van der Waals surface area contributed by atoms with Crippen LogP contribution in [0.25, 0.3) is 0 Å². The number of carbonyl (C=O) groups excluding carboxylic acids is 2. The van der Waals surface area contributed by atoms with E-state index in [1.165, 1.54) is 10.9 Å². The number of rotatable bonds is 6. The Bertz CT molecular complexity index is 518. The van der Waals surface area contributed by atoms with E-state index in [-0.39, 0.29) is 31.0 Å². The van der Waals surface area contributed by atoms with Gasteiger partial charge in [-0.15, -0.1) is 0 Å². The molecule has 1 atom stereocenters. The summed E-state index contributed by atoms with van der Waals surface area (Å²) in [6.45, 7) is -0.0922. The molecular weight excluding hydrogens is 252 g/mol. The van der Waals surface area contributed by atoms with Crippen molar-refractivity contribution < 1.29 is 14.7 Å². The average molecular weight is 266 g/mol. The highest BCUT2D eigenvalue weighted by atomic mass is 16.3. The van der Waals surface area contributed by atoms with Gasteiger partial charge >= 0.3 is 0 Å². The van der Waals surface area contributed by atoms with Crippen LogP contribution < -0.4 is 16.8 Å². The van der Waals surface area contributed by atoms with Gasteiger partial charge in [-0.3, -0.25) is 9.59 Å². The van der Waals surface area contributed by atoms with Gasteiger partial charge in [-0.2, -0.15) is 10.4 Å². The highest BCUT2D eigenvalue weighted by molar-refractivity contribution is 5.97. The second-order valence-electron chi connectivity index (χ2n) is 3.73. The van der Waals surface area contributed by atoms with Crippen molar-refractivity contribution in [3.63, 3.8) is 0 Å². The molecule has 0 spiro atoms. The Labute approximate surface area is 108 Å². The number of nitrogens with two attached hydrogens (primary N) is 2. The predicted octanol–water partition coefficient (Wildman–Crippen LogP) is -2.11. The number of nitrogens with one attached hydrogen (secondary N) is 1. The molecule has 0 aliphatic carbocycles. The molecule has 0 aliphatic heterocycles. The number of aliphatic hydroxyl groups excluding tert-OH is 1. The summed E-state index contributed by atoms with van der Waals surface area (Å²) in [5, 5.41) is 24.0. The van der Waals surface area contributed by atoms with E-state index in [2.05, 4.69) is 10.4 Å². The zero-order valence-electron chi connectivity index (χ0n) is 10.0. The van der Waals surface area contributed by atoms with Crippen molar-refractivity contribution >= 4 is 17.6 Å². The van der Waals surface area contributed by atoms with E-state index in [0.717, 1.165) is 0 Å². The predicted molar refractivity (Wildman–Crippen MR) is 64.4 cm³/mol. The third-order valence-electron chi connectivity index (χ3n) is 2.27. The summed E-state index contributed by atoms with van der Waals surface area (Å²) in [4.78, 5) is 22.4. The van der Waals surface area contributed by atoms with Crippen molar-refractivity contribution in [3.05, 3.63) is 11.8 Å². The van der Waals surface area contributed by atoms with Crippen LogP contribution in [0.1, 0.15) is 12.0 Å². The first-order valence-electron chi connectivity index (χ1n) is 5.41. The lowest BCUT2D eigenvalue weighted by atomic mass is 10.2. The smallest absolute Gasteiger partial charge is 0.242 e. The lowest BCUT2D eigenvalue weighted by Gasteiger charge is -2.12. The highest BCUT2D eigenvalue weighted by Gasteiger charge is 2.19. The Morgan fingerprint density at radius 1 is 1.63 bits per heavy atom.